The van der Waals surface area contributed by atoms with Crippen molar-refractivity contribution in [3.8, 4) is 0 Å². The molecule has 1 amide bonds. The van der Waals surface area contributed by atoms with Gasteiger partial charge in [-0.05, 0) is 12.1 Å². The van der Waals surface area contributed by atoms with E-state index >= 15 is 0 Å². The van der Waals surface area contributed by atoms with Crippen LogP contribution < -0.4 is 5.32 Å². The van der Waals surface area contributed by atoms with Gasteiger partial charge >= 0.3 is 12.1 Å². The third kappa shape index (κ3) is 4.34. The molecule has 0 aromatic heterocycles. The molecular formula is C13H13F2NO4. The van der Waals surface area contributed by atoms with Crippen molar-refractivity contribution in [3.63, 3.8) is 0 Å². The molecule has 1 rings (SSSR count). The quantitative estimate of drug-likeness (QED) is 0.787. The van der Waals surface area contributed by atoms with Crippen LogP contribution in [0.2, 0.25) is 0 Å². The fourth-order valence-electron chi connectivity index (χ4n) is 1.35. The Hall–Kier alpha value is -2.44. The third-order valence-corrected chi connectivity index (χ3v) is 2.32. The molecule has 0 aliphatic carbocycles. The highest BCUT2D eigenvalue weighted by Gasteiger charge is 2.32. The Morgan fingerprint density at radius 3 is 2.75 bits per heavy atom. The van der Waals surface area contributed by atoms with Gasteiger partial charge in [0.05, 0.1) is 12.1 Å². The highest BCUT2D eigenvalue weighted by atomic mass is 19.3. The van der Waals surface area contributed by atoms with E-state index in [9.17, 15) is 18.4 Å². The molecule has 1 aromatic carbocycles. The predicted octanol–water partition coefficient (Wildman–Crippen LogP) is 2.39. The summed E-state index contributed by atoms with van der Waals surface area (Å²) in [4.78, 5) is 21.8. The van der Waals surface area contributed by atoms with E-state index in [0.717, 1.165) is 12.1 Å². The lowest BCUT2D eigenvalue weighted by atomic mass is 10.1. The van der Waals surface area contributed by atoms with Gasteiger partial charge in [-0.15, -0.1) is 0 Å². The van der Waals surface area contributed by atoms with Crippen LogP contribution in [-0.4, -0.2) is 30.3 Å². The normalized spacial score (nSPS) is 10.7. The van der Waals surface area contributed by atoms with E-state index in [-0.39, 0.29) is 12.2 Å². The summed E-state index contributed by atoms with van der Waals surface area (Å²) in [5, 5.41) is 10.6. The Labute approximate surface area is 113 Å². The number of carboxylic acid groups (broad SMARTS) is 1. The van der Waals surface area contributed by atoms with Gasteiger partial charge in [0.2, 0.25) is 0 Å². The SMILES string of the molecule is C=CCOC(=O)NCC(F)(F)c1cccc(C(=O)O)c1. The summed E-state index contributed by atoms with van der Waals surface area (Å²) in [6.07, 6.45) is 0.299. The standard InChI is InChI=1S/C13H13F2NO4/c1-2-6-20-12(19)16-8-13(14,15)10-5-3-4-9(7-10)11(17)18/h2-5,7H,1,6,8H2,(H,16,19)(H,17,18). The number of hydrogen-bond acceptors (Lipinski definition) is 3. The van der Waals surface area contributed by atoms with E-state index in [2.05, 4.69) is 11.3 Å². The van der Waals surface area contributed by atoms with E-state index in [1.807, 2.05) is 5.32 Å². The molecule has 0 atom stereocenters. The maximum Gasteiger partial charge on any atom is 0.407 e. The van der Waals surface area contributed by atoms with Crippen molar-refractivity contribution >= 4 is 12.1 Å². The molecule has 0 spiro atoms. The van der Waals surface area contributed by atoms with Crippen molar-refractivity contribution in [1.82, 2.24) is 5.32 Å². The highest BCUT2D eigenvalue weighted by molar-refractivity contribution is 5.87. The first kappa shape index (κ1) is 15.6. The zero-order valence-electron chi connectivity index (χ0n) is 10.4. The molecule has 20 heavy (non-hydrogen) atoms. The van der Waals surface area contributed by atoms with Crippen LogP contribution in [-0.2, 0) is 10.7 Å². The zero-order chi connectivity index (χ0) is 15.2. The lowest BCUT2D eigenvalue weighted by Gasteiger charge is -2.17. The molecule has 0 aliphatic heterocycles. The van der Waals surface area contributed by atoms with Gasteiger partial charge in [0.1, 0.15) is 6.61 Å². The maximum atomic E-state index is 13.8. The second-order valence-electron chi connectivity index (χ2n) is 3.83. The Kier molecular flexibility index (Phi) is 5.19. The molecule has 0 aliphatic rings. The van der Waals surface area contributed by atoms with E-state index in [0.29, 0.717) is 0 Å². The number of rotatable bonds is 6. The number of ether oxygens (including phenoxy) is 1. The van der Waals surface area contributed by atoms with Crippen molar-refractivity contribution in [2.24, 2.45) is 0 Å². The van der Waals surface area contributed by atoms with E-state index < -0.39 is 30.1 Å². The maximum absolute atomic E-state index is 13.8. The average Bonchev–Trinajstić information content (AvgIpc) is 2.43. The molecular weight excluding hydrogens is 272 g/mol. The van der Waals surface area contributed by atoms with Gasteiger partial charge in [-0.2, -0.15) is 8.78 Å². The largest absolute Gasteiger partial charge is 0.478 e. The lowest BCUT2D eigenvalue weighted by Crippen LogP contribution is -2.35. The van der Waals surface area contributed by atoms with Crippen LogP contribution in [0.3, 0.4) is 0 Å². The lowest BCUT2D eigenvalue weighted by molar-refractivity contribution is -0.00324. The second kappa shape index (κ2) is 6.65. The molecule has 0 saturated heterocycles. The minimum Gasteiger partial charge on any atom is -0.478 e. The van der Waals surface area contributed by atoms with Crippen LogP contribution in [0.1, 0.15) is 15.9 Å². The van der Waals surface area contributed by atoms with Gasteiger partial charge in [-0.1, -0.05) is 24.8 Å². The summed E-state index contributed by atoms with van der Waals surface area (Å²) < 4.78 is 32.1. The molecule has 0 radical (unpaired) electrons. The van der Waals surface area contributed by atoms with Crippen molar-refractivity contribution in [1.29, 1.82) is 0 Å². The van der Waals surface area contributed by atoms with Crippen LogP contribution >= 0.6 is 0 Å². The number of halogens is 2. The van der Waals surface area contributed by atoms with Crippen molar-refractivity contribution in [2.75, 3.05) is 13.2 Å². The number of carboxylic acids is 1. The van der Waals surface area contributed by atoms with E-state index in [1.54, 1.807) is 0 Å². The van der Waals surface area contributed by atoms with Crippen LogP contribution in [0.4, 0.5) is 13.6 Å². The van der Waals surface area contributed by atoms with Gasteiger partial charge in [0.15, 0.2) is 0 Å². The van der Waals surface area contributed by atoms with Crippen LogP contribution in [0.25, 0.3) is 0 Å². The first-order valence-corrected chi connectivity index (χ1v) is 5.60. The molecule has 0 fully saturated rings. The molecule has 0 heterocycles. The first-order chi connectivity index (χ1) is 9.36. The summed E-state index contributed by atoms with van der Waals surface area (Å²) in [5.41, 5.74) is -0.752. The number of benzene rings is 1. The molecule has 1 aromatic rings. The molecule has 2 N–H and O–H groups in total. The van der Waals surface area contributed by atoms with Gasteiger partial charge < -0.3 is 15.2 Å². The zero-order valence-corrected chi connectivity index (χ0v) is 10.4. The minimum absolute atomic E-state index is 0.0914. The Balaban J connectivity index is 2.72. The summed E-state index contributed by atoms with van der Waals surface area (Å²) in [5.74, 6) is -4.71. The summed E-state index contributed by atoms with van der Waals surface area (Å²) in [6.45, 7) is 2.22. The molecule has 5 nitrogen and oxygen atoms in total. The number of nitrogens with one attached hydrogen (secondary N) is 1. The average molecular weight is 285 g/mol. The van der Waals surface area contributed by atoms with Crippen LogP contribution in [0.5, 0.6) is 0 Å². The summed E-state index contributed by atoms with van der Waals surface area (Å²) in [6, 6.07) is 4.36. The van der Waals surface area contributed by atoms with E-state index in [1.165, 1.54) is 18.2 Å². The van der Waals surface area contributed by atoms with Crippen molar-refractivity contribution < 1.29 is 28.2 Å². The number of alkyl carbamates (subject to hydrolysis) is 1. The number of amides is 1. The number of aromatic carboxylic acids is 1. The van der Waals surface area contributed by atoms with Gasteiger partial charge in [-0.25, -0.2) is 9.59 Å². The topological polar surface area (TPSA) is 75.6 Å². The molecule has 0 unspecified atom stereocenters. The third-order valence-electron chi connectivity index (χ3n) is 2.32. The first-order valence-electron chi connectivity index (χ1n) is 5.60. The fraction of sp³-hybridized carbons (Fsp3) is 0.231. The number of carbonyl (C=O) groups is 2. The summed E-state index contributed by atoms with van der Waals surface area (Å²) in [7, 11) is 0. The molecule has 0 saturated carbocycles. The second-order valence-corrected chi connectivity index (χ2v) is 3.83. The van der Waals surface area contributed by atoms with Crippen molar-refractivity contribution in [2.45, 2.75) is 5.92 Å². The van der Waals surface area contributed by atoms with Gasteiger partial charge in [0, 0.05) is 5.56 Å². The van der Waals surface area contributed by atoms with E-state index in [4.69, 9.17) is 5.11 Å². The highest BCUT2D eigenvalue weighted by Crippen LogP contribution is 2.27. The molecule has 108 valence electrons. The Morgan fingerprint density at radius 2 is 2.15 bits per heavy atom. The van der Waals surface area contributed by atoms with Crippen molar-refractivity contribution in [3.05, 3.63) is 48.0 Å². The number of alkyl halides is 2. The summed E-state index contributed by atoms with van der Waals surface area (Å²) >= 11 is 0. The predicted molar refractivity (Wildman–Crippen MR) is 66.8 cm³/mol. The Bertz CT molecular complexity index is 517. The van der Waals surface area contributed by atoms with Gasteiger partial charge in [-0.3, -0.25) is 0 Å². The van der Waals surface area contributed by atoms with Crippen LogP contribution in [0.15, 0.2) is 36.9 Å². The Morgan fingerprint density at radius 1 is 1.45 bits per heavy atom. The smallest absolute Gasteiger partial charge is 0.407 e. The van der Waals surface area contributed by atoms with Gasteiger partial charge in [0.25, 0.3) is 5.92 Å². The number of hydrogen-bond donors (Lipinski definition) is 2. The molecule has 7 heteroatoms. The fourth-order valence-corrected chi connectivity index (χ4v) is 1.35. The number of carbonyl (C=O) groups excluding carboxylic acids is 1. The van der Waals surface area contributed by atoms with Crippen LogP contribution in [0, 0.1) is 0 Å². The minimum atomic E-state index is -3.40. The monoisotopic (exact) mass is 285 g/mol. The molecule has 0 bridgehead atoms.